The zero-order valence-corrected chi connectivity index (χ0v) is 20.3. The van der Waals surface area contributed by atoms with Gasteiger partial charge >= 0.3 is 30.3 Å². The molecule has 3 heterocycles. The molecule has 3 N–H and O–H groups in total. The fourth-order valence-electron chi connectivity index (χ4n) is 3.84. The second kappa shape index (κ2) is 14.1. The van der Waals surface area contributed by atoms with E-state index < -0.39 is 30.3 Å². The lowest BCUT2D eigenvalue weighted by molar-refractivity contribution is -0.193. The van der Waals surface area contributed by atoms with E-state index in [1.54, 1.807) is 0 Å². The Morgan fingerprint density at radius 2 is 1.50 bits per heavy atom. The second-order valence-corrected chi connectivity index (χ2v) is 8.55. The van der Waals surface area contributed by atoms with Crippen molar-refractivity contribution in [2.45, 2.75) is 24.9 Å². The number of piperazine rings is 1. The summed E-state index contributed by atoms with van der Waals surface area (Å²) in [6.45, 7) is 10.5. The maximum absolute atomic E-state index is 11.5. The molecular weight excluding hydrogens is 532 g/mol. The molecule has 38 heavy (non-hydrogen) atoms. The van der Waals surface area contributed by atoms with Gasteiger partial charge in [-0.05, 0) is 0 Å². The SMILES string of the molecule is C=CCN1CC(C(=O)O)CN2CCN(Cc3cnn(C)c3)CC2C1.O=C(O)C(F)(F)F.O=C(O)C(F)(F)F. The predicted octanol–water partition coefficient (Wildman–Crippen LogP) is 1.38. The number of carboxylic acids is 3. The molecule has 2 fully saturated rings. The highest BCUT2D eigenvalue weighted by molar-refractivity contribution is 5.73. The molecular formula is C21H29F6N5O6. The van der Waals surface area contributed by atoms with Crippen LogP contribution in [-0.4, -0.2) is 122 Å². The monoisotopic (exact) mass is 561 g/mol. The summed E-state index contributed by atoms with van der Waals surface area (Å²) in [4.78, 5) is 36.4. The first-order valence-electron chi connectivity index (χ1n) is 11.0. The topological polar surface area (TPSA) is 139 Å². The fraction of sp³-hybridized carbons (Fsp3) is 0.619. The summed E-state index contributed by atoms with van der Waals surface area (Å²) in [5.74, 6) is -6.53. The molecule has 0 radical (unpaired) electrons. The summed E-state index contributed by atoms with van der Waals surface area (Å²) in [6.07, 6.45) is -4.32. The van der Waals surface area contributed by atoms with Gasteiger partial charge in [0.05, 0.1) is 12.1 Å². The number of hydrogen-bond acceptors (Lipinski definition) is 7. The number of aliphatic carboxylic acids is 3. The largest absolute Gasteiger partial charge is 0.490 e. The van der Waals surface area contributed by atoms with Gasteiger partial charge in [-0.3, -0.25) is 24.2 Å². The Labute approximate surface area is 213 Å². The minimum atomic E-state index is -5.08. The third kappa shape index (κ3) is 11.5. The molecule has 17 heteroatoms. The number of nitrogens with zero attached hydrogens (tertiary/aromatic N) is 5. The molecule has 1 aromatic rings. The highest BCUT2D eigenvalue weighted by Gasteiger charge is 2.39. The van der Waals surface area contributed by atoms with Gasteiger partial charge in [-0.1, -0.05) is 6.08 Å². The molecule has 2 aliphatic heterocycles. The van der Waals surface area contributed by atoms with Gasteiger partial charge in [0, 0.05) is 77.2 Å². The van der Waals surface area contributed by atoms with Crippen molar-refractivity contribution in [3.63, 3.8) is 0 Å². The van der Waals surface area contributed by atoms with Crippen LogP contribution in [-0.2, 0) is 28.0 Å². The first-order valence-corrected chi connectivity index (χ1v) is 11.0. The van der Waals surface area contributed by atoms with E-state index in [0.717, 1.165) is 39.3 Å². The summed E-state index contributed by atoms with van der Waals surface area (Å²) in [6, 6.07) is 0.375. The molecule has 3 rings (SSSR count). The molecule has 0 spiro atoms. The van der Waals surface area contributed by atoms with Crippen LogP contribution in [0.25, 0.3) is 0 Å². The molecule has 0 aromatic carbocycles. The zero-order valence-electron chi connectivity index (χ0n) is 20.3. The first-order chi connectivity index (χ1) is 17.4. The van der Waals surface area contributed by atoms with Crippen molar-refractivity contribution >= 4 is 17.9 Å². The number of carboxylic acid groups (broad SMARTS) is 3. The Kier molecular flexibility index (Phi) is 12.2. The smallest absolute Gasteiger partial charge is 0.481 e. The van der Waals surface area contributed by atoms with Crippen LogP contribution in [0.5, 0.6) is 0 Å². The van der Waals surface area contributed by atoms with E-state index in [0.29, 0.717) is 19.1 Å². The minimum absolute atomic E-state index is 0.320. The summed E-state index contributed by atoms with van der Waals surface area (Å²) in [7, 11) is 1.94. The number of alkyl halides is 6. The van der Waals surface area contributed by atoms with Crippen molar-refractivity contribution in [3.05, 3.63) is 30.6 Å². The van der Waals surface area contributed by atoms with E-state index in [-0.39, 0.29) is 5.92 Å². The summed E-state index contributed by atoms with van der Waals surface area (Å²) in [5, 5.41) is 28.0. The Balaban J connectivity index is 0.000000426. The zero-order chi connectivity index (χ0) is 29.3. The van der Waals surface area contributed by atoms with E-state index in [2.05, 4.69) is 32.6 Å². The lowest BCUT2D eigenvalue weighted by Gasteiger charge is -2.41. The quantitative estimate of drug-likeness (QED) is 0.357. The molecule has 2 atom stereocenters. The van der Waals surface area contributed by atoms with Crippen LogP contribution in [0.2, 0.25) is 0 Å². The van der Waals surface area contributed by atoms with Gasteiger partial charge in [0.2, 0.25) is 0 Å². The normalized spacial score (nSPS) is 21.0. The highest BCUT2D eigenvalue weighted by Crippen LogP contribution is 2.20. The number of aromatic nitrogens is 2. The van der Waals surface area contributed by atoms with Crippen molar-refractivity contribution in [3.8, 4) is 0 Å². The Hall–Kier alpha value is -3.18. The number of rotatable bonds is 5. The van der Waals surface area contributed by atoms with Gasteiger partial charge in [0.25, 0.3) is 0 Å². The average Bonchev–Trinajstić information content (AvgIpc) is 3.09. The highest BCUT2D eigenvalue weighted by atomic mass is 19.4. The Bertz CT molecular complexity index is 930. The van der Waals surface area contributed by atoms with Gasteiger partial charge in [0.1, 0.15) is 0 Å². The van der Waals surface area contributed by atoms with E-state index >= 15 is 0 Å². The summed E-state index contributed by atoms with van der Waals surface area (Å²) >= 11 is 0. The lowest BCUT2D eigenvalue weighted by atomic mass is 10.1. The van der Waals surface area contributed by atoms with E-state index in [1.807, 2.05) is 24.0 Å². The molecule has 0 amide bonds. The number of aryl methyl sites for hydroxylation is 1. The minimum Gasteiger partial charge on any atom is -0.481 e. The number of fused-ring (bicyclic) bond motifs is 1. The van der Waals surface area contributed by atoms with Gasteiger partial charge in [-0.15, -0.1) is 6.58 Å². The molecule has 11 nitrogen and oxygen atoms in total. The van der Waals surface area contributed by atoms with Crippen LogP contribution in [0.15, 0.2) is 25.0 Å². The van der Waals surface area contributed by atoms with Crippen molar-refractivity contribution in [1.29, 1.82) is 0 Å². The van der Waals surface area contributed by atoms with Crippen LogP contribution in [0.3, 0.4) is 0 Å². The number of hydrogen-bond donors (Lipinski definition) is 3. The maximum Gasteiger partial charge on any atom is 0.490 e. The first kappa shape index (κ1) is 32.8. The van der Waals surface area contributed by atoms with Crippen LogP contribution >= 0.6 is 0 Å². The molecule has 0 bridgehead atoms. The van der Waals surface area contributed by atoms with Crippen molar-refractivity contribution in [2.24, 2.45) is 13.0 Å². The molecule has 2 unspecified atom stereocenters. The maximum atomic E-state index is 11.5. The van der Waals surface area contributed by atoms with Crippen LogP contribution in [0.4, 0.5) is 26.3 Å². The van der Waals surface area contributed by atoms with Gasteiger partial charge in [-0.25, -0.2) is 9.59 Å². The summed E-state index contributed by atoms with van der Waals surface area (Å²) in [5.41, 5.74) is 1.23. The molecule has 2 aliphatic rings. The van der Waals surface area contributed by atoms with E-state index in [9.17, 15) is 36.2 Å². The van der Waals surface area contributed by atoms with E-state index in [4.69, 9.17) is 19.8 Å². The van der Waals surface area contributed by atoms with Gasteiger partial charge in [-0.2, -0.15) is 31.4 Å². The van der Waals surface area contributed by atoms with Crippen LogP contribution in [0, 0.1) is 5.92 Å². The predicted molar refractivity (Wildman–Crippen MR) is 119 cm³/mol. The second-order valence-electron chi connectivity index (χ2n) is 8.55. The molecule has 2 saturated heterocycles. The number of halogens is 6. The van der Waals surface area contributed by atoms with Gasteiger partial charge in [0.15, 0.2) is 0 Å². The van der Waals surface area contributed by atoms with Crippen LogP contribution < -0.4 is 0 Å². The van der Waals surface area contributed by atoms with E-state index in [1.165, 1.54) is 5.56 Å². The lowest BCUT2D eigenvalue weighted by Crippen LogP contribution is -2.55. The molecule has 216 valence electrons. The Morgan fingerprint density at radius 1 is 0.974 bits per heavy atom. The van der Waals surface area contributed by atoms with Gasteiger partial charge < -0.3 is 15.3 Å². The fourth-order valence-corrected chi connectivity index (χ4v) is 3.84. The molecule has 0 aliphatic carbocycles. The summed E-state index contributed by atoms with van der Waals surface area (Å²) < 4.78 is 65.3. The van der Waals surface area contributed by atoms with Crippen LogP contribution in [0.1, 0.15) is 5.56 Å². The third-order valence-electron chi connectivity index (χ3n) is 5.48. The standard InChI is InChI=1S/C17H27N5O2.2C2HF3O2/c1-3-4-20-10-15(17(23)24)11-22-6-5-21(13-16(22)12-20)9-14-7-18-19(2)8-14;2*3-2(4,5)1(6)7/h3,7-8,15-16H,1,4-6,9-13H2,2H3,(H,23,24);2*(H,6,7). The Morgan fingerprint density at radius 3 is 1.92 bits per heavy atom. The van der Waals surface area contributed by atoms with Crippen molar-refractivity contribution in [2.75, 3.05) is 45.8 Å². The number of carbonyl (C=O) groups is 3. The van der Waals surface area contributed by atoms with Crippen molar-refractivity contribution < 1.29 is 56.0 Å². The van der Waals surface area contributed by atoms with Crippen molar-refractivity contribution in [1.82, 2.24) is 24.5 Å². The third-order valence-corrected chi connectivity index (χ3v) is 5.48. The average molecular weight is 561 g/mol. The molecule has 1 aromatic heterocycles. The molecule has 0 saturated carbocycles.